The summed E-state index contributed by atoms with van der Waals surface area (Å²) < 4.78 is 1.71. The maximum atomic E-state index is 11.4. The van der Waals surface area contributed by atoms with Gasteiger partial charge in [0.05, 0.1) is 12.0 Å². The minimum atomic E-state index is -0.813. The quantitative estimate of drug-likeness (QED) is 0.896. The minimum Gasteiger partial charge on any atom is -0.481 e. The van der Waals surface area contributed by atoms with Crippen LogP contribution in [0.4, 0.5) is 0 Å². The van der Waals surface area contributed by atoms with Crippen LogP contribution in [0.5, 0.6) is 0 Å². The van der Waals surface area contributed by atoms with Crippen LogP contribution < -0.4 is 0 Å². The van der Waals surface area contributed by atoms with Crippen LogP contribution in [0.2, 0.25) is 0 Å². The fourth-order valence-corrected chi connectivity index (χ4v) is 2.80. The molecule has 1 saturated carbocycles. The molecule has 6 nitrogen and oxygen atoms in total. The summed E-state index contributed by atoms with van der Waals surface area (Å²) in [5.74, 6) is 1.21. The molecule has 112 valence electrons. The number of aliphatic carboxylic acids is 1. The fraction of sp³-hybridized carbons (Fsp3) is 0.857. The van der Waals surface area contributed by atoms with Crippen molar-refractivity contribution >= 4 is 5.97 Å². The lowest BCUT2D eigenvalue weighted by Crippen LogP contribution is -2.33. The van der Waals surface area contributed by atoms with Crippen molar-refractivity contribution in [2.45, 2.75) is 65.3 Å². The van der Waals surface area contributed by atoms with E-state index in [1.54, 1.807) is 11.6 Å². The third-order valence-electron chi connectivity index (χ3n) is 4.74. The maximum absolute atomic E-state index is 11.4. The molecule has 0 radical (unpaired) electrons. The van der Waals surface area contributed by atoms with Gasteiger partial charge in [0, 0.05) is 5.92 Å². The Bertz CT molecular complexity index is 465. The third kappa shape index (κ3) is 2.99. The Morgan fingerprint density at radius 2 is 2.05 bits per heavy atom. The second-order valence-electron chi connectivity index (χ2n) is 6.37. The second kappa shape index (κ2) is 5.89. The number of carboxylic acids is 1. The largest absolute Gasteiger partial charge is 0.481 e. The number of rotatable bonds is 5. The van der Waals surface area contributed by atoms with Gasteiger partial charge in [-0.1, -0.05) is 26.7 Å². The van der Waals surface area contributed by atoms with Gasteiger partial charge in [-0.15, -0.1) is 5.10 Å². The highest BCUT2D eigenvalue weighted by Crippen LogP contribution is 2.35. The molecule has 1 aliphatic carbocycles. The van der Waals surface area contributed by atoms with E-state index < -0.39 is 11.4 Å². The molecule has 1 aromatic heterocycles. The first-order valence-corrected chi connectivity index (χ1v) is 7.45. The molecule has 6 heteroatoms. The number of nitrogens with zero attached hydrogens (tertiary/aromatic N) is 4. The Kier molecular flexibility index (Phi) is 4.40. The van der Waals surface area contributed by atoms with Crippen molar-refractivity contribution in [1.82, 2.24) is 20.2 Å². The molecular formula is C14H24N4O2. The van der Waals surface area contributed by atoms with E-state index in [2.05, 4.69) is 22.4 Å². The summed E-state index contributed by atoms with van der Waals surface area (Å²) in [6, 6.07) is 0. The Morgan fingerprint density at radius 3 is 2.60 bits per heavy atom. The molecule has 20 heavy (non-hydrogen) atoms. The molecule has 1 fully saturated rings. The lowest BCUT2D eigenvalue weighted by Gasteiger charge is -2.27. The topological polar surface area (TPSA) is 80.9 Å². The molecule has 1 aliphatic rings. The van der Waals surface area contributed by atoms with E-state index in [0.29, 0.717) is 18.9 Å². The molecule has 2 rings (SSSR count). The smallest absolute Gasteiger partial charge is 0.311 e. The van der Waals surface area contributed by atoms with Crippen molar-refractivity contribution in [3.8, 4) is 0 Å². The molecule has 0 aromatic carbocycles. The number of hydrogen-bond acceptors (Lipinski definition) is 4. The summed E-state index contributed by atoms with van der Waals surface area (Å²) in [6.07, 6.45) is 5.14. The average molecular weight is 280 g/mol. The van der Waals surface area contributed by atoms with Gasteiger partial charge in [0.1, 0.15) is 0 Å². The fourth-order valence-electron chi connectivity index (χ4n) is 2.80. The molecule has 0 saturated heterocycles. The standard InChI is InChI=1S/C14H24N4O2/c1-4-14(3,13(19)20)9-18-12(15-16-17-18)11-7-5-10(2)6-8-11/h10-11H,4-9H2,1-3H3,(H,19,20). The zero-order valence-electron chi connectivity index (χ0n) is 12.5. The summed E-state index contributed by atoms with van der Waals surface area (Å²) in [6.45, 7) is 6.26. The van der Waals surface area contributed by atoms with Crippen molar-refractivity contribution in [2.24, 2.45) is 11.3 Å². The number of carbonyl (C=O) groups is 1. The normalized spacial score (nSPS) is 26.1. The summed E-state index contributed by atoms with van der Waals surface area (Å²) >= 11 is 0. The first-order chi connectivity index (χ1) is 9.46. The van der Waals surface area contributed by atoms with Crippen LogP contribution in [-0.2, 0) is 11.3 Å². The molecule has 0 amide bonds. The van der Waals surface area contributed by atoms with Crippen LogP contribution in [0.25, 0.3) is 0 Å². The molecule has 1 aromatic rings. The predicted octanol–water partition coefficient (Wildman–Crippen LogP) is 2.47. The average Bonchev–Trinajstić information content (AvgIpc) is 2.87. The highest BCUT2D eigenvalue weighted by molar-refractivity contribution is 5.73. The van der Waals surface area contributed by atoms with E-state index in [9.17, 15) is 9.90 Å². The SMILES string of the molecule is CCC(C)(Cn1nnnc1C1CCC(C)CC1)C(=O)O. The van der Waals surface area contributed by atoms with Gasteiger partial charge in [-0.25, -0.2) is 4.68 Å². The van der Waals surface area contributed by atoms with Gasteiger partial charge in [-0.2, -0.15) is 0 Å². The lowest BCUT2D eigenvalue weighted by atomic mass is 9.82. The van der Waals surface area contributed by atoms with Gasteiger partial charge in [-0.3, -0.25) is 4.79 Å². The summed E-state index contributed by atoms with van der Waals surface area (Å²) in [4.78, 5) is 11.4. The second-order valence-corrected chi connectivity index (χ2v) is 6.37. The highest BCUT2D eigenvalue weighted by Gasteiger charge is 2.34. The van der Waals surface area contributed by atoms with E-state index >= 15 is 0 Å². The number of hydrogen-bond donors (Lipinski definition) is 1. The molecular weight excluding hydrogens is 256 g/mol. The number of aromatic nitrogens is 4. The van der Waals surface area contributed by atoms with E-state index in [1.807, 2.05) is 6.92 Å². The third-order valence-corrected chi connectivity index (χ3v) is 4.74. The number of tetrazole rings is 1. The van der Waals surface area contributed by atoms with Crippen LogP contribution >= 0.6 is 0 Å². The molecule has 0 aliphatic heterocycles. The first kappa shape index (κ1) is 14.9. The molecule has 0 bridgehead atoms. The predicted molar refractivity (Wildman–Crippen MR) is 74.2 cm³/mol. The van der Waals surface area contributed by atoms with Crippen LogP contribution in [0, 0.1) is 11.3 Å². The molecule has 1 atom stereocenters. The van der Waals surface area contributed by atoms with Gasteiger partial charge in [0.15, 0.2) is 5.82 Å². The Labute approximate surface area is 119 Å². The highest BCUT2D eigenvalue weighted by atomic mass is 16.4. The summed E-state index contributed by atoms with van der Waals surface area (Å²) in [5, 5.41) is 21.3. The Balaban J connectivity index is 2.14. The summed E-state index contributed by atoms with van der Waals surface area (Å²) in [7, 11) is 0. The van der Waals surface area contributed by atoms with Crippen LogP contribution in [0.15, 0.2) is 0 Å². The van der Waals surface area contributed by atoms with Gasteiger partial charge in [-0.05, 0) is 42.5 Å². The number of carboxylic acid groups (broad SMARTS) is 1. The molecule has 1 unspecified atom stereocenters. The Morgan fingerprint density at radius 1 is 1.40 bits per heavy atom. The van der Waals surface area contributed by atoms with Crippen molar-refractivity contribution < 1.29 is 9.90 Å². The van der Waals surface area contributed by atoms with E-state index in [-0.39, 0.29) is 0 Å². The van der Waals surface area contributed by atoms with Crippen molar-refractivity contribution in [3.05, 3.63) is 5.82 Å². The first-order valence-electron chi connectivity index (χ1n) is 7.45. The molecule has 0 spiro atoms. The van der Waals surface area contributed by atoms with E-state index in [1.165, 1.54) is 12.8 Å². The van der Waals surface area contributed by atoms with Crippen LogP contribution in [-0.4, -0.2) is 31.3 Å². The molecule has 1 heterocycles. The van der Waals surface area contributed by atoms with Crippen molar-refractivity contribution in [1.29, 1.82) is 0 Å². The minimum absolute atomic E-state index is 0.340. The monoisotopic (exact) mass is 280 g/mol. The molecule has 1 N–H and O–H groups in total. The zero-order chi connectivity index (χ0) is 14.8. The van der Waals surface area contributed by atoms with Crippen molar-refractivity contribution in [2.75, 3.05) is 0 Å². The van der Waals surface area contributed by atoms with Gasteiger partial charge >= 0.3 is 5.97 Å². The van der Waals surface area contributed by atoms with Crippen molar-refractivity contribution in [3.63, 3.8) is 0 Å². The van der Waals surface area contributed by atoms with Gasteiger partial charge < -0.3 is 5.11 Å². The van der Waals surface area contributed by atoms with E-state index in [4.69, 9.17) is 0 Å². The Hall–Kier alpha value is -1.46. The zero-order valence-corrected chi connectivity index (χ0v) is 12.5. The van der Waals surface area contributed by atoms with Crippen LogP contribution in [0.1, 0.15) is 64.6 Å². The summed E-state index contributed by atoms with van der Waals surface area (Å²) in [5.41, 5.74) is -0.813. The maximum Gasteiger partial charge on any atom is 0.311 e. The van der Waals surface area contributed by atoms with Gasteiger partial charge in [0.2, 0.25) is 0 Å². The van der Waals surface area contributed by atoms with E-state index in [0.717, 1.165) is 24.6 Å². The lowest BCUT2D eigenvalue weighted by molar-refractivity contribution is -0.149. The van der Waals surface area contributed by atoms with Crippen LogP contribution in [0.3, 0.4) is 0 Å². The van der Waals surface area contributed by atoms with Gasteiger partial charge in [0.25, 0.3) is 0 Å².